The minimum atomic E-state index is -4.55. The first kappa shape index (κ1) is 18.9. The molecule has 2 fully saturated rings. The quantitative estimate of drug-likeness (QED) is 0.776. The van der Waals surface area contributed by atoms with Crippen molar-refractivity contribution in [3.05, 3.63) is 24.2 Å². The summed E-state index contributed by atoms with van der Waals surface area (Å²) in [6, 6.07) is 1.44. The molecule has 2 aromatic heterocycles. The Kier molecular flexibility index (Phi) is 4.86. The number of halogens is 3. The van der Waals surface area contributed by atoms with Crippen molar-refractivity contribution in [1.29, 1.82) is 0 Å². The van der Waals surface area contributed by atoms with Gasteiger partial charge in [0.2, 0.25) is 5.95 Å². The lowest BCUT2D eigenvalue weighted by Crippen LogP contribution is -2.52. The topological polar surface area (TPSA) is 62.1 Å². The second kappa shape index (κ2) is 7.19. The fourth-order valence-corrected chi connectivity index (χ4v) is 3.37. The third-order valence-electron chi connectivity index (χ3n) is 4.76. The molecular weight excluding hydrogens is 391 g/mol. The zero-order valence-corrected chi connectivity index (χ0v) is 16.1. The van der Waals surface area contributed by atoms with E-state index in [9.17, 15) is 13.2 Å². The summed E-state index contributed by atoms with van der Waals surface area (Å²) in [5, 5.41) is 8.02. The van der Waals surface area contributed by atoms with E-state index < -0.39 is 11.9 Å². The summed E-state index contributed by atoms with van der Waals surface area (Å²) >= 11 is 5.41. The standard InChI is InChI=1S/C17H20F3N7S/c1-25-10-11(9-21-25)13-8-14(17(18,19)20)24-15(23-13)26-4-6-27(7-5-26)16(28)22-12-2-3-12/h8-10,12H,2-7H2,1H3,(H,22,28). The average molecular weight is 411 g/mol. The number of hydrogen-bond donors (Lipinski definition) is 1. The van der Waals surface area contributed by atoms with Crippen LogP contribution in [-0.2, 0) is 13.2 Å². The van der Waals surface area contributed by atoms with Crippen molar-refractivity contribution in [2.75, 3.05) is 31.1 Å². The van der Waals surface area contributed by atoms with Gasteiger partial charge in [-0.05, 0) is 31.1 Å². The summed E-state index contributed by atoms with van der Waals surface area (Å²) in [6.07, 6.45) is 0.842. The van der Waals surface area contributed by atoms with Gasteiger partial charge in [-0.15, -0.1) is 0 Å². The van der Waals surface area contributed by atoms with Gasteiger partial charge in [-0.25, -0.2) is 9.97 Å². The number of nitrogens with zero attached hydrogens (tertiary/aromatic N) is 6. The molecule has 0 atom stereocenters. The molecule has 0 radical (unpaired) electrons. The van der Waals surface area contributed by atoms with Crippen molar-refractivity contribution < 1.29 is 13.2 Å². The number of nitrogens with one attached hydrogen (secondary N) is 1. The average Bonchev–Trinajstić information content (AvgIpc) is 3.37. The lowest BCUT2D eigenvalue weighted by Gasteiger charge is -2.36. The lowest BCUT2D eigenvalue weighted by atomic mass is 10.2. The number of thiocarbonyl (C=S) groups is 1. The molecule has 0 amide bonds. The smallest absolute Gasteiger partial charge is 0.360 e. The molecule has 2 aliphatic rings. The molecule has 0 spiro atoms. The molecule has 11 heteroatoms. The summed E-state index contributed by atoms with van der Waals surface area (Å²) in [7, 11) is 1.70. The number of piperazine rings is 1. The molecule has 4 rings (SSSR count). The van der Waals surface area contributed by atoms with Gasteiger partial charge in [0.1, 0.15) is 0 Å². The Hall–Kier alpha value is -2.43. The number of rotatable bonds is 3. The van der Waals surface area contributed by atoms with E-state index in [1.54, 1.807) is 18.1 Å². The molecule has 2 aromatic rings. The third kappa shape index (κ3) is 4.18. The van der Waals surface area contributed by atoms with Gasteiger partial charge in [0, 0.05) is 51.0 Å². The molecule has 1 N–H and O–H groups in total. The zero-order valence-electron chi connectivity index (χ0n) is 15.3. The van der Waals surface area contributed by atoms with Gasteiger partial charge < -0.3 is 15.1 Å². The van der Waals surface area contributed by atoms with E-state index in [0.29, 0.717) is 42.9 Å². The number of anilines is 1. The Labute approximate surface area is 165 Å². The number of aromatic nitrogens is 4. The summed E-state index contributed by atoms with van der Waals surface area (Å²) in [4.78, 5) is 12.0. The molecule has 28 heavy (non-hydrogen) atoms. The maximum absolute atomic E-state index is 13.4. The molecule has 0 aromatic carbocycles. The molecule has 150 valence electrons. The van der Waals surface area contributed by atoms with Crippen LogP contribution in [0.25, 0.3) is 11.3 Å². The van der Waals surface area contributed by atoms with Crippen LogP contribution < -0.4 is 10.2 Å². The zero-order chi connectivity index (χ0) is 19.9. The van der Waals surface area contributed by atoms with Gasteiger partial charge in [0.25, 0.3) is 0 Å². The van der Waals surface area contributed by atoms with E-state index in [1.807, 2.05) is 4.90 Å². The van der Waals surface area contributed by atoms with Crippen molar-refractivity contribution in [2.45, 2.75) is 25.1 Å². The predicted octanol–water partition coefficient (Wildman–Crippen LogP) is 2.05. The van der Waals surface area contributed by atoms with Crippen molar-refractivity contribution in [1.82, 2.24) is 30.0 Å². The number of hydrogen-bond acceptors (Lipinski definition) is 5. The fraction of sp³-hybridized carbons (Fsp3) is 0.529. The first-order chi connectivity index (χ1) is 13.3. The van der Waals surface area contributed by atoms with Crippen molar-refractivity contribution in [2.24, 2.45) is 7.05 Å². The fourth-order valence-electron chi connectivity index (χ4n) is 3.03. The van der Waals surface area contributed by atoms with Gasteiger partial charge in [0.05, 0.1) is 11.9 Å². The van der Waals surface area contributed by atoms with Crippen LogP contribution in [-0.4, -0.2) is 62.0 Å². The summed E-state index contributed by atoms with van der Waals surface area (Å²) < 4.78 is 41.6. The lowest BCUT2D eigenvalue weighted by molar-refractivity contribution is -0.141. The van der Waals surface area contributed by atoms with Gasteiger partial charge in [-0.1, -0.05) is 0 Å². The normalized spacial score (nSPS) is 17.7. The minimum absolute atomic E-state index is 0.0781. The highest BCUT2D eigenvalue weighted by Crippen LogP contribution is 2.32. The van der Waals surface area contributed by atoms with Crippen LogP contribution in [0.15, 0.2) is 18.5 Å². The predicted molar refractivity (Wildman–Crippen MR) is 102 cm³/mol. The Morgan fingerprint density at radius 3 is 2.46 bits per heavy atom. The summed E-state index contributed by atoms with van der Waals surface area (Å²) in [6.45, 7) is 2.22. The van der Waals surface area contributed by atoms with Crippen LogP contribution in [0.3, 0.4) is 0 Å². The van der Waals surface area contributed by atoms with Crippen LogP contribution in [0, 0.1) is 0 Å². The maximum Gasteiger partial charge on any atom is 0.433 e. The van der Waals surface area contributed by atoms with E-state index in [2.05, 4.69) is 20.4 Å². The van der Waals surface area contributed by atoms with Gasteiger partial charge in [-0.3, -0.25) is 4.68 Å². The second-order valence-corrected chi connectivity index (χ2v) is 7.42. The Morgan fingerprint density at radius 1 is 1.18 bits per heavy atom. The highest BCUT2D eigenvalue weighted by Gasteiger charge is 2.35. The van der Waals surface area contributed by atoms with Crippen LogP contribution in [0.2, 0.25) is 0 Å². The highest BCUT2D eigenvalue weighted by molar-refractivity contribution is 7.80. The van der Waals surface area contributed by atoms with Crippen molar-refractivity contribution >= 4 is 23.3 Å². The summed E-state index contributed by atoms with van der Waals surface area (Å²) in [5.74, 6) is 0.0781. The highest BCUT2D eigenvalue weighted by atomic mass is 32.1. The van der Waals surface area contributed by atoms with Crippen LogP contribution >= 0.6 is 12.2 Å². The van der Waals surface area contributed by atoms with E-state index >= 15 is 0 Å². The van der Waals surface area contributed by atoms with E-state index in [1.165, 1.54) is 10.9 Å². The van der Waals surface area contributed by atoms with Crippen molar-refractivity contribution in [3.63, 3.8) is 0 Å². The number of aryl methyl sites for hydroxylation is 1. The molecule has 1 aliphatic heterocycles. The Bertz CT molecular complexity index is 870. The first-order valence-corrected chi connectivity index (χ1v) is 9.46. The molecule has 7 nitrogen and oxygen atoms in total. The molecule has 3 heterocycles. The largest absolute Gasteiger partial charge is 0.433 e. The molecule has 1 saturated heterocycles. The molecule has 0 bridgehead atoms. The monoisotopic (exact) mass is 411 g/mol. The maximum atomic E-state index is 13.4. The molecular formula is C17H20F3N7S. The second-order valence-electron chi connectivity index (χ2n) is 7.04. The minimum Gasteiger partial charge on any atom is -0.360 e. The van der Waals surface area contributed by atoms with Gasteiger partial charge >= 0.3 is 6.18 Å². The van der Waals surface area contributed by atoms with Crippen molar-refractivity contribution in [3.8, 4) is 11.3 Å². The van der Waals surface area contributed by atoms with Gasteiger partial charge in [0.15, 0.2) is 10.8 Å². The van der Waals surface area contributed by atoms with Crippen LogP contribution in [0.5, 0.6) is 0 Å². The molecule has 1 saturated carbocycles. The molecule has 0 unspecified atom stereocenters. The summed E-state index contributed by atoms with van der Waals surface area (Å²) in [5.41, 5.74) is -0.228. The SMILES string of the molecule is Cn1cc(-c2cc(C(F)(F)F)nc(N3CCN(C(=S)NC4CC4)CC3)n2)cn1. The third-order valence-corrected chi connectivity index (χ3v) is 5.14. The van der Waals surface area contributed by atoms with Crippen LogP contribution in [0.1, 0.15) is 18.5 Å². The van der Waals surface area contributed by atoms with Crippen LogP contribution in [0.4, 0.5) is 19.1 Å². The number of alkyl halides is 3. The van der Waals surface area contributed by atoms with E-state index in [0.717, 1.165) is 18.9 Å². The Balaban J connectivity index is 1.54. The van der Waals surface area contributed by atoms with Gasteiger partial charge in [-0.2, -0.15) is 18.3 Å². The van der Waals surface area contributed by atoms with E-state index in [-0.39, 0.29) is 11.6 Å². The molecule has 1 aliphatic carbocycles. The first-order valence-electron chi connectivity index (χ1n) is 9.05. The Morgan fingerprint density at radius 2 is 1.89 bits per heavy atom. The van der Waals surface area contributed by atoms with E-state index in [4.69, 9.17) is 12.2 Å².